The number of hydrogen-bond acceptors (Lipinski definition) is 0. The van der Waals surface area contributed by atoms with Crippen molar-refractivity contribution in [1.29, 1.82) is 0 Å². The molecule has 0 saturated heterocycles. The van der Waals surface area contributed by atoms with Gasteiger partial charge in [0.2, 0.25) is 0 Å². The molecule has 0 heterocycles. The molecule has 1 aliphatic carbocycles. The van der Waals surface area contributed by atoms with E-state index in [2.05, 4.69) is 62.4 Å². The molecule has 0 nitrogen and oxygen atoms in total. The Kier molecular flexibility index (Phi) is 8.63. The predicted octanol–water partition coefficient (Wildman–Crippen LogP) is 6.73. The smallest absolute Gasteiger partial charge is 0.00135 e. The van der Waals surface area contributed by atoms with Crippen molar-refractivity contribution >= 4 is 0 Å². The molecule has 0 amide bonds. The summed E-state index contributed by atoms with van der Waals surface area (Å²) in [6.45, 7) is 4.42. The summed E-state index contributed by atoms with van der Waals surface area (Å²) in [4.78, 5) is 0. The van der Waals surface area contributed by atoms with Crippen LogP contribution >= 0.6 is 0 Å². The van der Waals surface area contributed by atoms with Crippen LogP contribution in [0.15, 0.2) is 48.5 Å². The first kappa shape index (κ1) is 18.4. The fourth-order valence-corrected chi connectivity index (χ4v) is 2.43. The SMILES string of the molecule is C.C.CCCCC.c1ccc2c(c1)Cc1ccccc1-2. The molecular formula is C20H30. The Bertz CT molecular complexity index is 451. The largest absolute Gasteiger partial charge is 0.0776 e. The van der Waals surface area contributed by atoms with E-state index in [9.17, 15) is 0 Å². The highest BCUT2D eigenvalue weighted by atomic mass is 14.2. The van der Waals surface area contributed by atoms with E-state index in [1.165, 1.54) is 41.5 Å². The second kappa shape index (κ2) is 9.36. The Balaban J connectivity index is 0.000000458. The molecule has 0 bridgehead atoms. The lowest BCUT2D eigenvalue weighted by atomic mass is 10.1. The zero-order chi connectivity index (χ0) is 12.8. The van der Waals surface area contributed by atoms with Gasteiger partial charge >= 0.3 is 0 Å². The molecule has 0 atom stereocenters. The van der Waals surface area contributed by atoms with Gasteiger partial charge in [-0.2, -0.15) is 0 Å². The van der Waals surface area contributed by atoms with Gasteiger partial charge in [-0.15, -0.1) is 0 Å². The van der Waals surface area contributed by atoms with E-state index in [1.54, 1.807) is 0 Å². The molecule has 0 unspecified atom stereocenters. The van der Waals surface area contributed by atoms with Crippen molar-refractivity contribution in [2.24, 2.45) is 0 Å². The Hall–Kier alpha value is -1.56. The molecule has 0 spiro atoms. The van der Waals surface area contributed by atoms with E-state index in [-0.39, 0.29) is 14.9 Å². The third-order valence-electron chi connectivity index (χ3n) is 3.41. The third-order valence-corrected chi connectivity index (χ3v) is 3.41. The summed E-state index contributed by atoms with van der Waals surface area (Å²) in [5.41, 5.74) is 5.75. The first-order chi connectivity index (χ1) is 8.86. The van der Waals surface area contributed by atoms with Gasteiger partial charge in [0.15, 0.2) is 0 Å². The first-order valence-electron chi connectivity index (χ1n) is 7.03. The van der Waals surface area contributed by atoms with E-state index in [0.29, 0.717) is 0 Å². The summed E-state index contributed by atoms with van der Waals surface area (Å²) in [6, 6.07) is 17.3. The molecule has 1 aliphatic rings. The number of fused-ring (bicyclic) bond motifs is 3. The van der Waals surface area contributed by atoms with Crippen LogP contribution in [-0.2, 0) is 6.42 Å². The Morgan fingerprint density at radius 1 is 0.700 bits per heavy atom. The number of unbranched alkanes of at least 4 members (excludes halogenated alkanes) is 2. The summed E-state index contributed by atoms with van der Waals surface area (Å²) >= 11 is 0. The average Bonchev–Trinajstić information content (AvgIpc) is 2.79. The second-order valence-corrected chi connectivity index (χ2v) is 4.84. The molecular weight excluding hydrogens is 240 g/mol. The molecule has 3 rings (SSSR count). The van der Waals surface area contributed by atoms with Gasteiger partial charge in [0, 0.05) is 0 Å². The summed E-state index contributed by atoms with van der Waals surface area (Å²) < 4.78 is 0. The van der Waals surface area contributed by atoms with Gasteiger partial charge in [0.1, 0.15) is 0 Å². The Labute approximate surface area is 125 Å². The monoisotopic (exact) mass is 270 g/mol. The Morgan fingerprint density at radius 3 is 1.45 bits per heavy atom. The van der Waals surface area contributed by atoms with Gasteiger partial charge in [-0.3, -0.25) is 0 Å². The molecule has 0 saturated carbocycles. The zero-order valence-corrected chi connectivity index (χ0v) is 11.4. The number of rotatable bonds is 2. The van der Waals surface area contributed by atoms with Crippen LogP contribution < -0.4 is 0 Å². The highest BCUT2D eigenvalue weighted by molar-refractivity contribution is 5.76. The molecule has 110 valence electrons. The molecule has 20 heavy (non-hydrogen) atoms. The van der Waals surface area contributed by atoms with Crippen molar-refractivity contribution in [3.8, 4) is 11.1 Å². The number of benzene rings is 2. The maximum absolute atomic E-state index is 2.22. The molecule has 0 fully saturated rings. The van der Waals surface area contributed by atoms with Crippen molar-refractivity contribution < 1.29 is 0 Å². The fourth-order valence-electron chi connectivity index (χ4n) is 2.43. The molecule has 0 heteroatoms. The summed E-state index contributed by atoms with van der Waals surface area (Å²) in [6.07, 6.45) is 5.18. The van der Waals surface area contributed by atoms with Crippen LogP contribution in [0.5, 0.6) is 0 Å². The summed E-state index contributed by atoms with van der Waals surface area (Å²) in [7, 11) is 0. The lowest BCUT2D eigenvalue weighted by molar-refractivity contribution is 0.772. The van der Waals surface area contributed by atoms with Crippen molar-refractivity contribution in [1.82, 2.24) is 0 Å². The molecule has 0 radical (unpaired) electrons. The van der Waals surface area contributed by atoms with E-state index >= 15 is 0 Å². The Morgan fingerprint density at radius 2 is 1.10 bits per heavy atom. The fraction of sp³-hybridized carbons (Fsp3) is 0.400. The molecule has 0 aromatic heterocycles. The van der Waals surface area contributed by atoms with E-state index in [4.69, 9.17) is 0 Å². The van der Waals surface area contributed by atoms with Crippen LogP contribution in [-0.4, -0.2) is 0 Å². The quantitative estimate of drug-likeness (QED) is 0.484. The van der Waals surface area contributed by atoms with Crippen molar-refractivity contribution in [3.63, 3.8) is 0 Å². The lowest BCUT2D eigenvalue weighted by Crippen LogP contribution is -1.77. The van der Waals surface area contributed by atoms with Crippen LogP contribution in [0.3, 0.4) is 0 Å². The average molecular weight is 270 g/mol. The van der Waals surface area contributed by atoms with Gasteiger partial charge in [-0.25, -0.2) is 0 Å². The van der Waals surface area contributed by atoms with Gasteiger partial charge < -0.3 is 0 Å². The topological polar surface area (TPSA) is 0 Å². The third kappa shape index (κ3) is 4.23. The normalized spacial score (nSPS) is 10.1. The van der Waals surface area contributed by atoms with E-state index < -0.39 is 0 Å². The molecule has 0 N–H and O–H groups in total. The molecule has 0 aliphatic heterocycles. The highest BCUT2D eigenvalue weighted by Gasteiger charge is 2.15. The van der Waals surface area contributed by atoms with Crippen molar-refractivity contribution in [2.75, 3.05) is 0 Å². The second-order valence-electron chi connectivity index (χ2n) is 4.84. The highest BCUT2D eigenvalue weighted by Crippen LogP contribution is 2.35. The first-order valence-corrected chi connectivity index (χ1v) is 7.03. The zero-order valence-electron chi connectivity index (χ0n) is 11.4. The minimum absolute atomic E-state index is 0. The van der Waals surface area contributed by atoms with E-state index in [1.807, 2.05) is 0 Å². The van der Waals surface area contributed by atoms with Crippen LogP contribution in [0.2, 0.25) is 0 Å². The van der Waals surface area contributed by atoms with Crippen LogP contribution in [0.1, 0.15) is 59.1 Å². The predicted molar refractivity (Wildman–Crippen MR) is 93.3 cm³/mol. The minimum atomic E-state index is 0. The van der Waals surface area contributed by atoms with Crippen LogP contribution in [0.25, 0.3) is 11.1 Å². The van der Waals surface area contributed by atoms with E-state index in [0.717, 1.165) is 6.42 Å². The lowest BCUT2D eigenvalue weighted by Gasteiger charge is -1.98. The molecule has 2 aromatic rings. The maximum atomic E-state index is 2.22. The molecule has 2 aromatic carbocycles. The van der Waals surface area contributed by atoms with Crippen LogP contribution in [0, 0.1) is 0 Å². The standard InChI is InChI=1S/C13H10.C5H12.2CH4/c1-3-7-12-10(5-1)9-11-6-2-4-8-13(11)12;1-3-5-4-2;;/h1-8H,9H2;3-5H2,1-2H3;2*1H4. The van der Waals surface area contributed by atoms with Gasteiger partial charge in [-0.05, 0) is 28.7 Å². The maximum Gasteiger partial charge on any atom is -0.00135 e. The van der Waals surface area contributed by atoms with Gasteiger partial charge in [0.25, 0.3) is 0 Å². The van der Waals surface area contributed by atoms with Gasteiger partial charge in [-0.1, -0.05) is 96.5 Å². The number of hydrogen-bond donors (Lipinski definition) is 0. The van der Waals surface area contributed by atoms with Gasteiger partial charge in [0.05, 0.1) is 0 Å². The summed E-state index contributed by atoms with van der Waals surface area (Å²) in [5.74, 6) is 0. The van der Waals surface area contributed by atoms with Crippen molar-refractivity contribution in [2.45, 2.75) is 54.4 Å². The minimum Gasteiger partial charge on any atom is -0.0776 e. The van der Waals surface area contributed by atoms with Crippen molar-refractivity contribution in [3.05, 3.63) is 59.7 Å². The summed E-state index contributed by atoms with van der Waals surface area (Å²) in [5, 5.41) is 0. The van der Waals surface area contributed by atoms with Crippen LogP contribution in [0.4, 0.5) is 0 Å².